The van der Waals surface area contributed by atoms with Crippen molar-refractivity contribution < 1.29 is 19.4 Å². The SMILES string of the molecule is COc1ccc([C@@H]2C[C@H]2C(=O)O)cc1OC1CCCC1. The zero-order valence-electron chi connectivity index (χ0n) is 11.7. The number of aliphatic carboxylic acids is 1. The molecule has 0 aliphatic heterocycles. The Labute approximate surface area is 118 Å². The molecule has 0 heterocycles. The van der Waals surface area contributed by atoms with Gasteiger partial charge in [-0.1, -0.05) is 6.07 Å². The van der Waals surface area contributed by atoms with E-state index >= 15 is 0 Å². The molecule has 0 radical (unpaired) electrons. The van der Waals surface area contributed by atoms with Gasteiger partial charge in [-0.25, -0.2) is 0 Å². The lowest BCUT2D eigenvalue weighted by Gasteiger charge is -2.16. The number of methoxy groups -OCH3 is 1. The number of carboxylic acid groups (broad SMARTS) is 1. The highest BCUT2D eigenvalue weighted by Crippen LogP contribution is 2.49. The summed E-state index contributed by atoms with van der Waals surface area (Å²) < 4.78 is 11.4. The Balaban J connectivity index is 1.78. The zero-order chi connectivity index (χ0) is 14.1. The van der Waals surface area contributed by atoms with Crippen molar-refractivity contribution in [2.75, 3.05) is 7.11 Å². The van der Waals surface area contributed by atoms with Crippen LogP contribution in [0.25, 0.3) is 0 Å². The van der Waals surface area contributed by atoms with Gasteiger partial charge in [0.25, 0.3) is 0 Å². The maximum atomic E-state index is 11.0. The van der Waals surface area contributed by atoms with Gasteiger partial charge in [0.1, 0.15) is 0 Å². The first-order valence-electron chi connectivity index (χ1n) is 7.26. The molecule has 0 unspecified atom stereocenters. The number of ether oxygens (including phenoxy) is 2. The summed E-state index contributed by atoms with van der Waals surface area (Å²) in [6, 6.07) is 5.80. The van der Waals surface area contributed by atoms with Crippen LogP contribution in [0.2, 0.25) is 0 Å². The molecular formula is C16H20O4. The summed E-state index contributed by atoms with van der Waals surface area (Å²) >= 11 is 0. The van der Waals surface area contributed by atoms with Crippen LogP contribution in [0.15, 0.2) is 18.2 Å². The predicted octanol–water partition coefficient (Wildman–Crippen LogP) is 3.20. The molecule has 1 N–H and O–H groups in total. The number of carboxylic acids is 1. The first-order valence-corrected chi connectivity index (χ1v) is 7.26. The number of benzene rings is 1. The van der Waals surface area contributed by atoms with E-state index < -0.39 is 5.97 Å². The summed E-state index contributed by atoms with van der Waals surface area (Å²) in [7, 11) is 1.63. The van der Waals surface area contributed by atoms with Gasteiger partial charge in [0, 0.05) is 0 Å². The van der Waals surface area contributed by atoms with E-state index in [1.807, 2.05) is 18.2 Å². The zero-order valence-corrected chi connectivity index (χ0v) is 11.7. The molecule has 0 aromatic heterocycles. The number of carbonyl (C=O) groups is 1. The van der Waals surface area contributed by atoms with Crippen LogP contribution < -0.4 is 9.47 Å². The van der Waals surface area contributed by atoms with Crippen molar-refractivity contribution >= 4 is 5.97 Å². The molecular weight excluding hydrogens is 256 g/mol. The third-order valence-corrected chi connectivity index (χ3v) is 4.32. The molecule has 3 rings (SSSR count). The third kappa shape index (κ3) is 2.60. The van der Waals surface area contributed by atoms with Gasteiger partial charge in [0.05, 0.1) is 19.1 Å². The Bertz CT molecular complexity index is 505. The van der Waals surface area contributed by atoms with Crippen LogP contribution in [0.1, 0.15) is 43.6 Å². The van der Waals surface area contributed by atoms with Crippen molar-refractivity contribution in [3.8, 4) is 11.5 Å². The minimum Gasteiger partial charge on any atom is -0.493 e. The van der Waals surface area contributed by atoms with E-state index in [9.17, 15) is 4.79 Å². The summed E-state index contributed by atoms with van der Waals surface area (Å²) in [4.78, 5) is 11.0. The molecule has 2 saturated carbocycles. The van der Waals surface area contributed by atoms with Crippen LogP contribution in [0, 0.1) is 5.92 Å². The summed E-state index contributed by atoms with van der Waals surface area (Å²) in [5, 5.41) is 9.03. The van der Waals surface area contributed by atoms with Crippen molar-refractivity contribution in [3.63, 3.8) is 0 Å². The van der Waals surface area contributed by atoms with Crippen LogP contribution >= 0.6 is 0 Å². The van der Waals surface area contributed by atoms with Gasteiger partial charge in [0.15, 0.2) is 11.5 Å². The van der Waals surface area contributed by atoms with Gasteiger partial charge >= 0.3 is 5.97 Å². The lowest BCUT2D eigenvalue weighted by molar-refractivity contribution is -0.138. The molecule has 2 fully saturated rings. The van der Waals surface area contributed by atoms with E-state index in [-0.39, 0.29) is 17.9 Å². The Morgan fingerprint density at radius 1 is 1.25 bits per heavy atom. The highest BCUT2D eigenvalue weighted by atomic mass is 16.5. The maximum absolute atomic E-state index is 11.0. The molecule has 4 nitrogen and oxygen atoms in total. The average molecular weight is 276 g/mol. The smallest absolute Gasteiger partial charge is 0.307 e. The quantitative estimate of drug-likeness (QED) is 0.897. The van der Waals surface area contributed by atoms with E-state index in [1.165, 1.54) is 12.8 Å². The number of hydrogen-bond acceptors (Lipinski definition) is 3. The largest absolute Gasteiger partial charge is 0.493 e. The molecule has 0 bridgehead atoms. The van der Waals surface area contributed by atoms with Gasteiger partial charge in [-0.05, 0) is 55.7 Å². The summed E-state index contributed by atoms with van der Waals surface area (Å²) in [5.74, 6) is 0.678. The van der Waals surface area contributed by atoms with Crippen molar-refractivity contribution in [1.29, 1.82) is 0 Å². The van der Waals surface area contributed by atoms with Crippen LogP contribution in [0.5, 0.6) is 11.5 Å². The van der Waals surface area contributed by atoms with E-state index in [4.69, 9.17) is 14.6 Å². The topological polar surface area (TPSA) is 55.8 Å². The van der Waals surface area contributed by atoms with Gasteiger partial charge in [0.2, 0.25) is 0 Å². The molecule has 2 aliphatic carbocycles. The Hall–Kier alpha value is -1.71. The normalized spacial score (nSPS) is 25.4. The maximum Gasteiger partial charge on any atom is 0.307 e. The van der Waals surface area contributed by atoms with E-state index in [0.29, 0.717) is 0 Å². The average Bonchev–Trinajstić information content (AvgIpc) is 3.10. The summed E-state index contributed by atoms with van der Waals surface area (Å²) in [6.07, 6.45) is 5.62. The molecule has 1 aromatic carbocycles. The molecule has 4 heteroatoms. The van der Waals surface area contributed by atoms with E-state index in [1.54, 1.807) is 7.11 Å². The molecule has 2 atom stereocenters. The van der Waals surface area contributed by atoms with Crippen LogP contribution in [-0.2, 0) is 4.79 Å². The highest BCUT2D eigenvalue weighted by Gasteiger charge is 2.44. The number of rotatable bonds is 5. The molecule has 1 aromatic rings. The fourth-order valence-corrected chi connectivity index (χ4v) is 3.04. The van der Waals surface area contributed by atoms with Gasteiger partial charge in [-0.2, -0.15) is 0 Å². The van der Waals surface area contributed by atoms with Crippen LogP contribution in [-0.4, -0.2) is 24.3 Å². The van der Waals surface area contributed by atoms with Gasteiger partial charge < -0.3 is 14.6 Å². The van der Waals surface area contributed by atoms with Crippen LogP contribution in [0.3, 0.4) is 0 Å². The lowest BCUT2D eigenvalue weighted by Crippen LogP contribution is -2.11. The Morgan fingerprint density at radius 3 is 2.60 bits per heavy atom. The van der Waals surface area contributed by atoms with Gasteiger partial charge in [-0.3, -0.25) is 4.79 Å². The molecule has 0 spiro atoms. The van der Waals surface area contributed by atoms with Crippen molar-refractivity contribution in [1.82, 2.24) is 0 Å². The first kappa shape index (κ1) is 13.3. The fourth-order valence-electron chi connectivity index (χ4n) is 3.04. The Morgan fingerprint density at radius 2 is 2.00 bits per heavy atom. The Kier molecular flexibility index (Phi) is 3.55. The minimum absolute atomic E-state index is 0.129. The molecule has 0 saturated heterocycles. The highest BCUT2D eigenvalue weighted by molar-refractivity contribution is 5.75. The van der Waals surface area contributed by atoms with Crippen molar-refractivity contribution in [2.45, 2.75) is 44.1 Å². The fraction of sp³-hybridized carbons (Fsp3) is 0.562. The minimum atomic E-state index is -0.705. The van der Waals surface area contributed by atoms with E-state index in [0.717, 1.165) is 36.3 Å². The van der Waals surface area contributed by atoms with E-state index in [2.05, 4.69) is 0 Å². The number of hydrogen-bond donors (Lipinski definition) is 1. The molecule has 0 amide bonds. The summed E-state index contributed by atoms with van der Waals surface area (Å²) in [6.45, 7) is 0. The second-order valence-corrected chi connectivity index (χ2v) is 5.72. The third-order valence-electron chi connectivity index (χ3n) is 4.32. The van der Waals surface area contributed by atoms with Crippen LogP contribution in [0.4, 0.5) is 0 Å². The summed E-state index contributed by atoms with van der Waals surface area (Å²) in [5.41, 5.74) is 1.05. The van der Waals surface area contributed by atoms with Crippen molar-refractivity contribution in [3.05, 3.63) is 23.8 Å². The monoisotopic (exact) mass is 276 g/mol. The molecule has 108 valence electrons. The second kappa shape index (κ2) is 5.35. The molecule has 20 heavy (non-hydrogen) atoms. The standard InChI is InChI=1S/C16H20O4/c1-19-14-7-6-10(12-9-13(12)16(17)18)8-15(14)20-11-4-2-3-5-11/h6-8,11-13H,2-5,9H2,1H3,(H,17,18)/t12-,13+/m0/s1. The lowest BCUT2D eigenvalue weighted by atomic mass is 10.1. The first-order chi connectivity index (χ1) is 9.69. The molecule has 2 aliphatic rings. The second-order valence-electron chi connectivity index (χ2n) is 5.72. The van der Waals surface area contributed by atoms with Gasteiger partial charge in [-0.15, -0.1) is 0 Å². The predicted molar refractivity (Wildman–Crippen MR) is 74.4 cm³/mol. The van der Waals surface area contributed by atoms with Crippen molar-refractivity contribution in [2.24, 2.45) is 5.92 Å².